The fourth-order valence-corrected chi connectivity index (χ4v) is 1.72. The zero-order chi connectivity index (χ0) is 11.0. The molecule has 2 heterocycles. The van der Waals surface area contributed by atoms with Crippen molar-refractivity contribution in [1.29, 1.82) is 0 Å². The number of hydrogen-bond acceptors (Lipinski definition) is 2. The van der Waals surface area contributed by atoms with E-state index < -0.39 is 0 Å². The lowest BCUT2D eigenvalue weighted by atomic mass is 10.1. The Morgan fingerprint density at radius 2 is 2.07 bits per heavy atom. The lowest BCUT2D eigenvalue weighted by molar-refractivity contribution is 0.627. The highest BCUT2D eigenvalue weighted by molar-refractivity contribution is 6.41. The third kappa shape index (κ3) is 2.24. The summed E-state index contributed by atoms with van der Waals surface area (Å²) in [5, 5.41) is 0.746. The van der Waals surface area contributed by atoms with E-state index >= 15 is 0 Å². The van der Waals surface area contributed by atoms with Crippen LogP contribution in [0.3, 0.4) is 0 Å². The number of pyridine rings is 1. The number of halogens is 2. The highest BCUT2D eigenvalue weighted by atomic mass is 35.5. The highest BCUT2D eigenvalue weighted by Crippen LogP contribution is 2.23. The van der Waals surface area contributed by atoms with Gasteiger partial charge < -0.3 is 4.98 Å². The molecule has 5 heteroatoms. The second kappa shape index (κ2) is 3.99. The van der Waals surface area contributed by atoms with Crippen molar-refractivity contribution in [3.8, 4) is 0 Å². The molecule has 1 N–H and O–H groups in total. The van der Waals surface area contributed by atoms with Gasteiger partial charge in [-0.15, -0.1) is 0 Å². The van der Waals surface area contributed by atoms with Crippen LogP contribution in [0.5, 0.6) is 0 Å². The highest BCUT2D eigenvalue weighted by Gasteiger charge is 2.08. The first kappa shape index (κ1) is 10.7. The standard InChI is InChI=1S/C10H11Cl2N3/c1-5(2)3-8-13-7-4-6(11)9(12)15-10(7)14-8/h4-5H,3H2,1-2H3,(H,13,14,15). The number of rotatable bonds is 2. The fraction of sp³-hybridized carbons (Fsp3) is 0.400. The molecule has 15 heavy (non-hydrogen) atoms. The van der Waals surface area contributed by atoms with Crippen LogP contribution in [0.25, 0.3) is 11.2 Å². The van der Waals surface area contributed by atoms with Crippen molar-refractivity contribution in [2.45, 2.75) is 20.3 Å². The van der Waals surface area contributed by atoms with Gasteiger partial charge in [-0.1, -0.05) is 37.0 Å². The van der Waals surface area contributed by atoms with Gasteiger partial charge in [0.05, 0.1) is 10.5 Å². The van der Waals surface area contributed by atoms with Crippen LogP contribution in [0, 0.1) is 5.92 Å². The number of nitrogens with zero attached hydrogens (tertiary/aromatic N) is 2. The van der Waals surface area contributed by atoms with Crippen molar-refractivity contribution in [2.75, 3.05) is 0 Å². The van der Waals surface area contributed by atoms with E-state index in [0.29, 0.717) is 21.7 Å². The number of aromatic nitrogens is 3. The number of nitrogens with one attached hydrogen (secondary N) is 1. The van der Waals surface area contributed by atoms with E-state index in [9.17, 15) is 0 Å². The first-order valence-electron chi connectivity index (χ1n) is 4.77. The lowest BCUT2D eigenvalue weighted by Crippen LogP contribution is -1.95. The van der Waals surface area contributed by atoms with Crippen molar-refractivity contribution in [3.05, 3.63) is 22.1 Å². The van der Waals surface area contributed by atoms with Crippen molar-refractivity contribution in [3.63, 3.8) is 0 Å². The maximum absolute atomic E-state index is 5.86. The number of imidazole rings is 1. The Morgan fingerprint density at radius 1 is 1.33 bits per heavy atom. The third-order valence-corrected chi connectivity index (χ3v) is 2.71. The maximum Gasteiger partial charge on any atom is 0.179 e. The number of aromatic amines is 1. The summed E-state index contributed by atoms with van der Waals surface area (Å²) in [6.45, 7) is 4.28. The van der Waals surface area contributed by atoms with Crippen molar-refractivity contribution < 1.29 is 0 Å². The monoisotopic (exact) mass is 243 g/mol. The predicted molar refractivity (Wildman–Crippen MR) is 62.5 cm³/mol. The van der Waals surface area contributed by atoms with E-state index in [-0.39, 0.29) is 0 Å². The average molecular weight is 244 g/mol. The van der Waals surface area contributed by atoms with Crippen LogP contribution in [0.1, 0.15) is 19.7 Å². The molecule has 0 unspecified atom stereocenters. The minimum atomic E-state index is 0.298. The lowest BCUT2D eigenvalue weighted by Gasteiger charge is -1.98. The average Bonchev–Trinajstić information content (AvgIpc) is 2.46. The smallest absolute Gasteiger partial charge is 0.179 e. The van der Waals surface area contributed by atoms with E-state index in [0.717, 1.165) is 17.8 Å². The molecule has 0 saturated heterocycles. The van der Waals surface area contributed by atoms with Gasteiger partial charge in [0, 0.05) is 6.42 Å². The molecular weight excluding hydrogens is 233 g/mol. The van der Waals surface area contributed by atoms with E-state index in [4.69, 9.17) is 23.2 Å². The molecule has 0 bridgehead atoms. The first-order valence-corrected chi connectivity index (χ1v) is 5.52. The largest absolute Gasteiger partial charge is 0.341 e. The van der Waals surface area contributed by atoms with Gasteiger partial charge in [-0.2, -0.15) is 0 Å². The Morgan fingerprint density at radius 3 is 2.73 bits per heavy atom. The van der Waals surface area contributed by atoms with E-state index in [1.54, 1.807) is 6.07 Å². The molecule has 2 aromatic heterocycles. The van der Waals surface area contributed by atoms with Gasteiger partial charge in [0.1, 0.15) is 11.0 Å². The quantitative estimate of drug-likeness (QED) is 0.822. The minimum Gasteiger partial charge on any atom is -0.341 e. The van der Waals surface area contributed by atoms with Crippen LogP contribution in [-0.2, 0) is 6.42 Å². The molecule has 0 aliphatic rings. The molecule has 0 aliphatic heterocycles. The topological polar surface area (TPSA) is 41.6 Å². The summed E-state index contributed by atoms with van der Waals surface area (Å²) >= 11 is 11.7. The summed E-state index contributed by atoms with van der Waals surface area (Å²) in [7, 11) is 0. The zero-order valence-corrected chi connectivity index (χ0v) is 10.0. The second-order valence-corrected chi connectivity index (χ2v) is 4.68. The number of fused-ring (bicyclic) bond motifs is 1. The number of H-pyrrole nitrogens is 1. The first-order chi connectivity index (χ1) is 7.06. The van der Waals surface area contributed by atoms with Gasteiger partial charge in [0.25, 0.3) is 0 Å². The summed E-state index contributed by atoms with van der Waals surface area (Å²) in [6.07, 6.45) is 0.894. The molecule has 0 spiro atoms. The maximum atomic E-state index is 5.86. The zero-order valence-electron chi connectivity index (χ0n) is 8.51. The molecule has 0 amide bonds. The van der Waals surface area contributed by atoms with Crippen molar-refractivity contribution in [2.24, 2.45) is 5.92 Å². The minimum absolute atomic E-state index is 0.298. The molecule has 0 saturated carbocycles. The molecule has 3 nitrogen and oxygen atoms in total. The van der Waals surface area contributed by atoms with Gasteiger partial charge in [-0.25, -0.2) is 9.97 Å². The Kier molecular flexibility index (Phi) is 2.85. The summed E-state index contributed by atoms with van der Waals surface area (Å²) in [5.74, 6) is 1.47. The molecular formula is C10H11Cl2N3. The molecule has 2 rings (SSSR count). The van der Waals surface area contributed by atoms with Gasteiger partial charge in [-0.05, 0) is 12.0 Å². The second-order valence-electron chi connectivity index (χ2n) is 3.91. The Labute approximate surface area is 97.8 Å². The van der Waals surface area contributed by atoms with Crippen LogP contribution in [0.2, 0.25) is 10.2 Å². The van der Waals surface area contributed by atoms with E-state index in [1.807, 2.05) is 0 Å². The van der Waals surface area contributed by atoms with Gasteiger partial charge in [-0.3, -0.25) is 0 Å². The SMILES string of the molecule is CC(C)Cc1nc2nc(Cl)c(Cl)cc2[nH]1. The van der Waals surface area contributed by atoms with Crippen molar-refractivity contribution in [1.82, 2.24) is 15.0 Å². The summed E-state index contributed by atoms with van der Waals surface area (Å²) < 4.78 is 0. The molecule has 80 valence electrons. The van der Waals surface area contributed by atoms with Gasteiger partial charge in [0.15, 0.2) is 5.65 Å². The molecule has 0 atom stereocenters. The summed E-state index contributed by atoms with van der Waals surface area (Å²) in [6, 6.07) is 1.75. The molecule has 0 radical (unpaired) electrons. The van der Waals surface area contributed by atoms with E-state index in [2.05, 4.69) is 28.8 Å². The Balaban J connectivity index is 2.47. The van der Waals surface area contributed by atoms with E-state index in [1.165, 1.54) is 0 Å². The molecule has 0 fully saturated rings. The van der Waals surface area contributed by atoms with Crippen LogP contribution in [-0.4, -0.2) is 15.0 Å². The third-order valence-electron chi connectivity index (χ3n) is 2.03. The normalized spacial score (nSPS) is 11.5. The summed E-state index contributed by atoms with van der Waals surface area (Å²) in [4.78, 5) is 11.6. The van der Waals surface area contributed by atoms with Gasteiger partial charge >= 0.3 is 0 Å². The van der Waals surface area contributed by atoms with Crippen LogP contribution >= 0.6 is 23.2 Å². The summed E-state index contributed by atoms with van der Waals surface area (Å²) in [5.41, 5.74) is 1.46. The fourth-order valence-electron chi connectivity index (χ4n) is 1.43. The van der Waals surface area contributed by atoms with Crippen molar-refractivity contribution >= 4 is 34.4 Å². The van der Waals surface area contributed by atoms with Gasteiger partial charge in [0.2, 0.25) is 0 Å². The predicted octanol–water partition coefficient (Wildman–Crippen LogP) is 3.46. The molecule has 2 aromatic rings. The van der Waals surface area contributed by atoms with Crippen LogP contribution < -0.4 is 0 Å². The molecule has 0 aliphatic carbocycles. The number of hydrogen-bond donors (Lipinski definition) is 1. The van der Waals surface area contributed by atoms with Crippen LogP contribution in [0.15, 0.2) is 6.07 Å². The Hall–Kier alpha value is -0.800. The van der Waals surface area contributed by atoms with Crippen LogP contribution in [0.4, 0.5) is 0 Å². The Bertz CT molecular complexity index is 452. The molecule has 0 aromatic carbocycles.